The van der Waals surface area contributed by atoms with Gasteiger partial charge in [0.15, 0.2) is 0 Å². The van der Waals surface area contributed by atoms with Gasteiger partial charge in [-0.2, -0.15) is 0 Å². The maximum atomic E-state index is 2.55. The van der Waals surface area contributed by atoms with E-state index in [9.17, 15) is 0 Å². The molecule has 17 heavy (non-hydrogen) atoms. The largest absolute Gasteiger partial charge is 0.304 e. The van der Waals surface area contributed by atoms with E-state index in [4.69, 9.17) is 0 Å². The summed E-state index contributed by atoms with van der Waals surface area (Å²) in [5, 5.41) is 0. The van der Waals surface area contributed by atoms with E-state index in [1.807, 2.05) is 0 Å². The van der Waals surface area contributed by atoms with Crippen LogP contribution in [0.2, 0.25) is 0 Å². The van der Waals surface area contributed by atoms with Gasteiger partial charge in [-0.3, -0.25) is 0 Å². The van der Waals surface area contributed by atoms with E-state index in [1.165, 1.54) is 32.5 Å². The molecule has 0 spiro atoms. The minimum absolute atomic E-state index is 0.920. The molecule has 1 aliphatic rings. The monoisotopic (exact) mass is 239 g/mol. The van der Waals surface area contributed by atoms with Gasteiger partial charge in [0.25, 0.3) is 0 Å². The van der Waals surface area contributed by atoms with Crippen LogP contribution in [-0.4, -0.2) is 24.5 Å². The summed E-state index contributed by atoms with van der Waals surface area (Å²) in [5.41, 5.74) is 0. The number of hydrogen-bond acceptors (Lipinski definition) is 1. The van der Waals surface area contributed by atoms with Crippen LogP contribution in [0.3, 0.4) is 0 Å². The molecule has 1 saturated carbocycles. The first-order valence-electron chi connectivity index (χ1n) is 7.75. The van der Waals surface area contributed by atoms with Gasteiger partial charge in [0.05, 0.1) is 0 Å². The molecule has 0 amide bonds. The highest BCUT2D eigenvalue weighted by Gasteiger charge is 2.40. The topological polar surface area (TPSA) is 3.24 Å². The van der Waals surface area contributed by atoms with Crippen LogP contribution in [0.4, 0.5) is 0 Å². The van der Waals surface area contributed by atoms with Gasteiger partial charge in [-0.05, 0) is 62.1 Å². The first kappa shape index (κ1) is 15.0. The molecule has 0 radical (unpaired) electrons. The predicted octanol–water partition coefficient (Wildman–Crippen LogP) is 4.28. The Bertz CT molecular complexity index is 196. The van der Waals surface area contributed by atoms with E-state index in [0.717, 1.165) is 29.6 Å². The smallest absolute Gasteiger partial charge is 0.00189 e. The summed E-state index contributed by atoms with van der Waals surface area (Å²) in [4.78, 5) is 2.55. The van der Waals surface area contributed by atoms with Gasteiger partial charge in [0.2, 0.25) is 0 Å². The average molecular weight is 239 g/mol. The lowest BCUT2D eigenvalue weighted by Crippen LogP contribution is -2.25. The summed E-state index contributed by atoms with van der Waals surface area (Å²) < 4.78 is 0. The fourth-order valence-corrected chi connectivity index (χ4v) is 3.83. The zero-order valence-electron chi connectivity index (χ0n) is 12.9. The second-order valence-corrected chi connectivity index (χ2v) is 6.27. The normalized spacial score (nSPS) is 37.9. The third-order valence-electron chi connectivity index (χ3n) is 5.74. The van der Waals surface area contributed by atoms with Crippen LogP contribution >= 0.6 is 0 Å². The first-order valence-corrected chi connectivity index (χ1v) is 7.75. The molecule has 0 bridgehead atoms. The molecular formula is C16H33N. The maximum absolute atomic E-state index is 2.55. The second-order valence-electron chi connectivity index (χ2n) is 6.27. The van der Waals surface area contributed by atoms with E-state index < -0.39 is 0 Å². The van der Waals surface area contributed by atoms with Crippen LogP contribution in [0, 0.1) is 29.6 Å². The molecule has 1 aliphatic carbocycles. The first-order chi connectivity index (χ1) is 8.02. The van der Waals surface area contributed by atoms with Crippen molar-refractivity contribution in [3.05, 3.63) is 0 Å². The van der Waals surface area contributed by atoms with Crippen LogP contribution < -0.4 is 0 Å². The summed E-state index contributed by atoms with van der Waals surface area (Å²) in [6.07, 6.45) is 2.83. The molecule has 1 nitrogen and oxygen atoms in total. The van der Waals surface area contributed by atoms with Gasteiger partial charge in [-0.25, -0.2) is 0 Å². The molecule has 0 N–H and O–H groups in total. The molecule has 102 valence electrons. The molecule has 1 heteroatoms. The number of hydrogen-bond donors (Lipinski definition) is 0. The predicted molar refractivity (Wildman–Crippen MR) is 77.2 cm³/mol. The Morgan fingerprint density at radius 2 is 1.24 bits per heavy atom. The van der Waals surface area contributed by atoms with Crippen molar-refractivity contribution in [1.29, 1.82) is 0 Å². The van der Waals surface area contributed by atoms with E-state index in [-0.39, 0.29) is 0 Å². The van der Waals surface area contributed by atoms with Crippen molar-refractivity contribution < 1.29 is 0 Å². The van der Waals surface area contributed by atoms with Crippen molar-refractivity contribution in [2.75, 3.05) is 19.6 Å². The molecule has 1 fully saturated rings. The summed E-state index contributed by atoms with van der Waals surface area (Å²) >= 11 is 0. The minimum atomic E-state index is 0.920. The standard InChI is InChI=1S/C16H33N/c1-7-17(8-2)11-9-10-16-14(5)12(3)13(4)15(16)6/h12-16H,7-11H2,1-6H3. The Morgan fingerprint density at radius 1 is 0.765 bits per heavy atom. The van der Waals surface area contributed by atoms with E-state index in [2.05, 4.69) is 46.4 Å². The molecule has 4 atom stereocenters. The highest BCUT2D eigenvalue weighted by Crippen LogP contribution is 2.47. The molecule has 0 saturated heterocycles. The highest BCUT2D eigenvalue weighted by molar-refractivity contribution is 4.89. The third kappa shape index (κ3) is 3.47. The molecule has 0 aromatic carbocycles. The second kappa shape index (κ2) is 6.78. The van der Waals surface area contributed by atoms with E-state index in [0.29, 0.717) is 0 Å². The summed E-state index contributed by atoms with van der Waals surface area (Å²) in [7, 11) is 0. The van der Waals surface area contributed by atoms with Crippen LogP contribution in [0.1, 0.15) is 54.4 Å². The Hall–Kier alpha value is -0.0400. The Balaban J connectivity index is 2.36. The van der Waals surface area contributed by atoms with Crippen molar-refractivity contribution in [2.24, 2.45) is 29.6 Å². The summed E-state index contributed by atoms with van der Waals surface area (Å²) in [5.74, 6) is 4.66. The third-order valence-corrected chi connectivity index (χ3v) is 5.74. The fraction of sp³-hybridized carbons (Fsp3) is 1.00. The van der Waals surface area contributed by atoms with Crippen LogP contribution in [0.15, 0.2) is 0 Å². The zero-order chi connectivity index (χ0) is 13.0. The molecule has 0 aromatic rings. The van der Waals surface area contributed by atoms with Gasteiger partial charge in [-0.15, -0.1) is 0 Å². The van der Waals surface area contributed by atoms with Gasteiger partial charge in [-0.1, -0.05) is 41.5 Å². The number of nitrogens with zero attached hydrogens (tertiary/aromatic N) is 1. The van der Waals surface area contributed by atoms with Crippen LogP contribution in [0.25, 0.3) is 0 Å². The minimum Gasteiger partial charge on any atom is -0.304 e. The van der Waals surface area contributed by atoms with Crippen LogP contribution in [-0.2, 0) is 0 Å². The SMILES string of the molecule is CCN(CC)CCCC1C(C)C(C)C(C)C1C. The van der Waals surface area contributed by atoms with Gasteiger partial charge >= 0.3 is 0 Å². The van der Waals surface area contributed by atoms with Crippen molar-refractivity contribution in [2.45, 2.75) is 54.4 Å². The molecule has 0 aliphatic heterocycles. The maximum Gasteiger partial charge on any atom is -0.00189 e. The lowest BCUT2D eigenvalue weighted by Gasteiger charge is -2.23. The van der Waals surface area contributed by atoms with Crippen LogP contribution in [0.5, 0.6) is 0 Å². The quantitative estimate of drug-likeness (QED) is 0.668. The molecule has 0 heterocycles. The lowest BCUT2D eigenvalue weighted by atomic mass is 9.85. The van der Waals surface area contributed by atoms with E-state index >= 15 is 0 Å². The highest BCUT2D eigenvalue weighted by atomic mass is 15.1. The molecule has 0 aromatic heterocycles. The van der Waals surface area contributed by atoms with Crippen molar-refractivity contribution in [3.8, 4) is 0 Å². The lowest BCUT2D eigenvalue weighted by molar-refractivity contribution is 0.250. The molecular weight excluding hydrogens is 206 g/mol. The fourth-order valence-electron chi connectivity index (χ4n) is 3.83. The number of rotatable bonds is 6. The molecule has 4 unspecified atom stereocenters. The van der Waals surface area contributed by atoms with Gasteiger partial charge in [0.1, 0.15) is 0 Å². The summed E-state index contributed by atoms with van der Waals surface area (Å²) in [6.45, 7) is 18.1. The zero-order valence-corrected chi connectivity index (χ0v) is 12.9. The Morgan fingerprint density at radius 3 is 1.65 bits per heavy atom. The van der Waals surface area contributed by atoms with Crippen molar-refractivity contribution in [1.82, 2.24) is 4.90 Å². The van der Waals surface area contributed by atoms with Crippen molar-refractivity contribution in [3.63, 3.8) is 0 Å². The van der Waals surface area contributed by atoms with E-state index in [1.54, 1.807) is 0 Å². The van der Waals surface area contributed by atoms with Gasteiger partial charge in [0, 0.05) is 0 Å². The Kier molecular flexibility index (Phi) is 5.99. The average Bonchev–Trinajstić information content (AvgIpc) is 2.51. The molecule has 1 rings (SSSR count). The Labute approximate surface area is 109 Å². The summed E-state index contributed by atoms with van der Waals surface area (Å²) in [6, 6.07) is 0. The van der Waals surface area contributed by atoms with Gasteiger partial charge < -0.3 is 4.90 Å². The van der Waals surface area contributed by atoms with Crippen molar-refractivity contribution >= 4 is 0 Å².